The van der Waals surface area contributed by atoms with E-state index in [1.807, 2.05) is 19.4 Å². The number of aromatic nitrogens is 2. The molecule has 2 N–H and O–H groups in total. The van der Waals surface area contributed by atoms with E-state index in [9.17, 15) is 0 Å². The zero-order valence-electron chi connectivity index (χ0n) is 8.90. The number of aryl methyl sites for hydroxylation is 1. The topological polar surface area (TPSA) is 47.1 Å². The summed E-state index contributed by atoms with van der Waals surface area (Å²) in [6, 6.07) is 0. The van der Waals surface area contributed by atoms with Gasteiger partial charge in [0.05, 0.1) is 0 Å². The third kappa shape index (κ3) is 1.50. The molecule has 1 unspecified atom stereocenters. The summed E-state index contributed by atoms with van der Waals surface area (Å²) in [5, 5.41) is 0. The number of anilines is 1. The normalized spacial score (nSPS) is 27.2. The molecule has 0 aliphatic carbocycles. The first-order valence-corrected chi connectivity index (χ1v) is 5.07. The highest BCUT2D eigenvalue weighted by Gasteiger charge is 2.33. The van der Waals surface area contributed by atoms with Crippen molar-refractivity contribution in [1.82, 2.24) is 9.55 Å². The summed E-state index contributed by atoms with van der Waals surface area (Å²) in [6.45, 7) is 5.09. The maximum atomic E-state index is 5.77. The summed E-state index contributed by atoms with van der Waals surface area (Å²) >= 11 is 0. The van der Waals surface area contributed by atoms with Crippen LogP contribution in [0, 0.1) is 5.41 Å². The fourth-order valence-electron chi connectivity index (χ4n) is 2.02. The van der Waals surface area contributed by atoms with Crippen LogP contribution in [0.3, 0.4) is 0 Å². The van der Waals surface area contributed by atoms with E-state index < -0.39 is 0 Å². The molecule has 14 heavy (non-hydrogen) atoms. The quantitative estimate of drug-likeness (QED) is 0.749. The van der Waals surface area contributed by atoms with Crippen molar-refractivity contribution in [3.05, 3.63) is 12.4 Å². The Kier molecular flexibility index (Phi) is 2.23. The lowest BCUT2D eigenvalue weighted by Crippen LogP contribution is -2.32. The Morgan fingerprint density at radius 3 is 2.93 bits per heavy atom. The summed E-state index contributed by atoms with van der Waals surface area (Å²) in [4.78, 5) is 6.66. The number of rotatable bonds is 2. The Bertz CT molecular complexity index is 320. The van der Waals surface area contributed by atoms with Crippen molar-refractivity contribution in [2.45, 2.75) is 13.3 Å². The van der Waals surface area contributed by atoms with E-state index >= 15 is 0 Å². The molecule has 1 aromatic rings. The molecule has 0 spiro atoms. The van der Waals surface area contributed by atoms with Crippen LogP contribution in [0.4, 0.5) is 5.95 Å². The molecule has 78 valence electrons. The van der Waals surface area contributed by atoms with Gasteiger partial charge in [-0.25, -0.2) is 4.98 Å². The molecule has 2 heterocycles. The molecule has 4 nitrogen and oxygen atoms in total. The van der Waals surface area contributed by atoms with Crippen LogP contribution in [-0.2, 0) is 7.05 Å². The zero-order valence-corrected chi connectivity index (χ0v) is 8.90. The summed E-state index contributed by atoms with van der Waals surface area (Å²) in [5.41, 5.74) is 6.04. The minimum absolute atomic E-state index is 0.270. The highest BCUT2D eigenvalue weighted by Crippen LogP contribution is 2.30. The summed E-state index contributed by atoms with van der Waals surface area (Å²) in [7, 11) is 2.03. The van der Waals surface area contributed by atoms with Crippen molar-refractivity contribution in [2.75, 3.05) is 24.5 Å². The van der Waals surface area contributed by atoms with Gasteiger partial charge in [0.15, 0.2) is 0 Å². The van der Waals surface area contributed by atoms with Crippen LogP contribution < -0.4 is 10.6 Å². The van der Waals surface area contributed by atoms with E-state index in [2.05, 4.69) is 21.4 Å². The van der Waals surface area contributed by atoms with Crippen molar-refractivity contribution >= 4 is 5.95 Å². The molecular weight excluding hydrogens is 176 g/mol. The fraction of sp³-hybridized carbons (Fsp3) is 0.700. The van der Waals surface area contributed by atoms with Crippen molar-refractivity contribution in [3.8, 4) is 0 Å². The summed E-state index contributed by atoms with van der Waals surface area (Å²) < 4.78 is 2.06. The summed E-state index contributed by atoms with van der Waals surface area (Å²) in [5.74, 6) is 1.06. The van der Waals surface area contributed by atoms with E-state index in [4.69, 9.17) is 5.73 Å². The molecule has 0 aromatic carbocycles. The smallest absolute Gasteiger partial charge is 0.205 e. The third-order valence-electron chi connectivity index (χ3n) is 3.13. The number of imidazole rings is 1. The predicted molar refractivity (Wildman–Crippen MR) is 57.2 cm³/mol. The van der Waals surface area contributed by atoms with Crippen molar-refractivity contribution in [1.29, 1.82) is 0 Å². The molecule has 4 heteroatoms. The first-order chi connectivity index (χ1) is 6.64. The van der Waals surface area contributed by atoms with E-state index in [1.54, 1.807) is 0 Å². The fourth-order valence-corrected chi connectivity index (χ4v) is 2.02. The van der Waals surface area contributed by atoms with Crippen LogP contribution in [-0.4, -0.2) is 29.2 Å². The van der Waals surface area contributed by atoms with Gasteiger partial charge in [-0.2, -0.15) is 0 Å². The molecule has 0 radical (unpaired) electrons. The van der Waals surface area contributed by atoms with Crippen LogP contribution in [0.25, 0.3) is 0 Å². The first-order valence-electron chi connectivity index (χ1n) is 5.07. The van der Waals surface area contributed by atoms with Gasteiger partial charge in [-0.3, -0.25) is 0 Å². The first kappa shape index (κ1) is 9.52. The molecule has 1 aliphatic rings. The van der Waals surface area contributed by atoms with Gasteiger partial charge in [-0.05, 0) is 18.4 Å². The van der Waals surface area contributed by atoms with Gasteiger partial charge in [0.1, 0.15) is 0 Å². The molecule has 1 atom stereocenters. The average molecular weight is 194 g/mol. The van der Waals surface area contributed by atoms with Crippen LogP contribution >= 0.6 is 0 Å². The second kappa shape index (κ2) is 3.28. The lowest BCUT2D eigenvalue weighted by molar-refractivity contribution is 0.383. The highest BCUT2D eigenvalue weighted by molar-refractivity contribution is 5.33. The average Bonchev–Trinajstić information content (AvgIpc) is 2.73. The van der Waals surface area contributed by atoms with Crippen molar-refractivity contribution < 1.29 is 0 Å². The van der Waals surface area contributed by atoms with Gasteiger partial charge in [0, 0.05) is 32.5 Å². The molecule has 0 amide bonds. The Morgan fingerprint density at radius 1 is 1.64 bits per heavy atom. The van der Waals surface area contributed by atoms with Gasteiger partial charge in [0.2, 0.25) is 5.95 Å². The zero-order chi connectivity index (χ0) is 10.2. The second-order valence-corrected chi connectivity index (χ2v) is 4.52. The van der Waals surface area contributed by atoms with E-state index in [1.165, 1.54) is 0 Å². The summed E-state index contributed by atoms with van der Waals surface area (Å²) in [6.07, 6.45) is 4.98. The third-order valence-corrected chi connectivity index (χ3v) is 3.13. The molecule has 0 bridgehead atoms. The monoisotopic (exact) mass is 194 g/mol. The predicted octanol–water partition coefficient (Wildman–Crippen LogP) is 0.595. The number of hydrogen-bond donors (Lipinski definition) is 1. The molecule has 2 rings (SSSR count). The van der Waals surface area contributed by atoms with Gasteiger partial charge in [-0.1, -0.05) is 6.92 Å². The molecule has 1 saturated heterocycles. The van der Waals surface area contributed by atoms with Gasteiger partial charge in [0.25, 0.3) is 0 Å². The van der Waals surface area contributed by atoms with Crippen LogP contribution in [0.2, 0.25) is 0 Å². The largest absolute Gasteiger partial charge is 0.342 e. The lowest BCUT2D eigenvalue weighted by Gasteiger charge is -2.23. The number of nitrogens with zero attached hydrogens (tertiary/aromatic N) is 3. The van der Waals surface area contributed by atoms with Crippen molar-refractivity contribution in [2.24, 2.45) is 18.2 Å². The van der Waals surface area contributed by atoms with E-state index in [0.29, 0.717) is 0 Å². The van der Waals surface area contributed by atoms with Crippen molar-refractivity contribution in [3.63, 3.8) is 0 Å². The van der Waals surface area contributed by atoms with Gasteiger partial charge >= 0.3 is 0 Å². The molecule has 1 aromatic heterocycles. The molecular formula is C10H18N4. The maximum absolute atomic E-state index is 5.77. The molecule has 1 aliphatic heterocycles. The highest BCUT2D eigenvalue weighted by atomic mass is 15.3. The SMILES string of the molecule is Cn1ccnc1N1CCC(C)(CN)C1. The maximum Gasteiger partial charge on any atom is 0.205 e. The number of hydrogen-bond acceptors (Lipinski definition) is 3. The Morgan fingerprint density at radius 2 is 2.43 bits per heavy atom. The standard InChI is InChI=1S/C10H18N4/c1-10(7-11)3-5-14(8-10)9-12-4-6-13(9)2/h4,6H,3,5,7-8,11H2,1-2H3. The second-order valence-electron chi connectivity index (χ2n) is 4.52. The van der Waals surface area contributed by atoms with Crippen LogP contribution in [0.15, 0.2) is 12.4 Å². The van der Waals surface area contributed by atoms with E-state index in [-0.39, 0.29) is 5.41 Å². The molecule has 0 saturated carbocycles. The Balaban J connectivity index is 2.13. The van der Waals surface area contributed by atoms with Gasteiger partial charge < -0.3 is 15.2 Å². The van der Waals surface area contributed by atoms with Crippen LogP contribution in [0.5, 0.6) is 0 Å². The lowest BCUT2D eigenvalue weighted by atomic mass is 9.90. The van der Waals surface area contributed by atoms with E-state index in [0.717, 1.165) is 32.0 Å². The minimum Gasteiger partial charge on any atom is -0.342 e. The van der Waals surface area contributed by atoms with Crippen LogP contribution in [0.1, 0.15) is 13.3 Å². The molecule has 1 fully saturated rings. The van der Waals surface area contributed by atoms with Gasteiger partial charge in [-0.15, -0.1) is 0 Å². The minimum atomic E-state index is 0.270. The number of nitrogens with two attached hydrogens (primary N) is 1. The Hall–Kier alpha value is -1.03. The Labute approximate surface area is 84.7 Å².